The van der Waals surface area contributed by atoms with Gasteiger partial charge in [0, 0.05) is 11.5 Å². The van der Waals surface area contributed by atoms with Gasteiger partial charge in [-0.25, -0.2) is 4.98 Å². The number of hydrogen-bond donors (Lipinski definition) is 1. The fraction of sp³-hybridized carbons (Fsp3) is 0.333. The zero-order chi connectivity index (χ0) is 16.3. The van der Waals surface area contributed by atoms with Crippen LogP contribution < -0.4 is 0 Å². The number of hydrogen-bond acceptors (Lipinski definition) is 5. The van der Waals surface area contributed by atoms with Crippen LogP contribution in [0.5, 0.6) is 0 Å². The minimum absolute atomic E-state index is 0.469. The largest absolute Gasteiger partial charge is 0.455 e. The Morgan fingerprint density at radius 3 is 2.58 bits per heavy atom. The molecule has 0 saturated heterocycles. The van der Waals surface area contributed by atoms with Crippen molar-refractivity contribution in [3.05, 3.63) is 47.5 Å². The van der Waals surface area contributed by atoms with Gasteiger partial charge in [0.1, 0.15) is 24.1 Å². The number of nitrogens with one attached hydrogen (secondary N) is 1. The SMILES string of the molecule is Cc1noc(C)c1-c1cc(C2OC=CO2)c2nc(C3CC3)[nH]c2c1. The smallest absolute Gasteiger partial charge is 0.268 e. The van der Waals surface area contributed by atoms with Crippen LogP contribution >= 0.6 is 0 Å². The average molecular weight is 323 g/mol. The van der Waals surface area contributed by atoms with Crippen molar-refractivity contribution in [2.45, 2.75) is 38.9 Å². The van der Waals surface area contributed by atoms with Gasteiger partial charge in [-0.3, -0.25) is 0 Å². The van der Waals surface area contributed by atoms with Crippen LogP contribution in [0.2, 0.25) is 0 Å². The van der Waals surface area contributed by atoms with Crippen molar-refractivity contribution in [3.63, 3.8) is 0 Å². The second-order valence-corrected chi connectivity index (χ2v) is 6.43. The summed E-state index contributed by atoms with van der Waals surface area (Å²) in [5.41, 5.74) is 5.71. The number of imidazole rings is 1. The molecule has 6 heteroatoms. The summed E-state index contributed by atoms with van der Waals surface area (Å²) in [6.45, 7) is 3.87. The number of rotatable bonds is 3. The summed E-state index contributed by atoms with van der Waals surface area (Å²) in [6.07, 6.45) is 5.05. The van der Waals surface area contributed by atoms with Crippen molar-refractivity contribution < 1.29 is 14.0 Å². The zero-order valence-corrected chi connectivity index (χ0v) is 13.5. The Bertz CT molecular complexity index is 938. The second kappa shape index (κ2) is 4.87. The molecule has 24 heavy (non-hydrogen) atoms. The molecule has 1 saturated carbocycles. The summed E-state index contributed by atoms with van der Waals surface area (Å²) >= 11 is 0. The van der Waals surface area contributed by atoms with Gasteiger partial charge in [-0.15, -0.1) is 0 Å². The number of nitrogens with zero attached hydrogens (tertiary/aromatic N) is 2. The maximum Gasteiger partial charge on any atom is 0.268 e. The standard InChI is InChI=1S/C18H17N3O3/c1-9-15(10(2)24-21-9)12-7-13(18-22-5-6-23-18)16-14(8-12)19-17(20-16)11-3-4-11/h5-8,11,18H,3-4H2,1-2H3,(H,19,20). The lowest BCUT2D eigenvalue weighted by Gasteiger charge is -2.13. The van der Waals surface area contributed by atoms with Crippen LogP contribution in [-0.4, -0.2) is 15.1 Å². The molecule has 0 bridgehead atoms. The van der Waals surface area contributed by atoms with E-state index in [1.54, 1.807) is 12.5 Å². The van der Waals surface area contributed by atoms with Crippen LogP contribution in [0.25, 0.3) is 22.2 Å². The number of aromatic nitrogens is 3. The summed E-state index contributed by atoms with van der Waals surface area (Å²) < 4.78 is 16.5. The highest BCUT2D eigenvalue weighted by molar-refractivity contribution is 5.86. The maximum atomic E-state index is 5.57. The predicted molar refractivity (Wildman–Crippen MR) is 87.1 cm³/mol. The fourth-order valence-electron chi connectivity index (χ4n) is 3.32. The molecular formula is C18H17N3O3. The lowest BCUT2D eigenvalue weighted by atomic mass is 10.00. The molecule has 122 valence electrons. The summed E-state index contributed by atoms with van der Waals surface area (Å²) in [5.74, 6) is 2.40. The minimum Gasteiger partial charge on any atom is -0.455 e. The molecule has 1 aromatic carbocycles. The molecule has 0 unspecified atom stereocenters. The molecule has 3 heterocycles. The molecule has 3 aromatic rings. The Kier molecular flexibility index (Phi) is 2.77. The van der Waals surface area contributed by atoms with Gasteiger partial charge in [-0.1, -0.05) is 5.16 Å². The van der Waals surface area contributed by atoms with E-state index in [1.165, 1.54) is 12.8 Å². The first kappa shape index (κ1) is 13.7. The van der Waals surface area contributed by atoms with E-state index in [9.17, 15) is 0 Å². The third-order valence-electron chi connectivity index (χ3n) is 4.63. The molecule has 2 aliphatic rings. The third kappa shape index (κ3) is 2.02. The quantitative estimate of drug-likeness (QED) is 0.781. The van der Waals surface area contributed by atoms with E-state index in [4.69, 9.17) is 19.0 Å². The molecule has 0 radical (unpaired) electrons. The number of fused-ring (bicyclic) bond motifs is 1. The maximum absolute atomic E-state index is 5.57. The Balaban J connectivity index is 1.73. The highest BCUT2D eigenvalue weighted by Crippen LogP contribution is 2.41. The van der Waals surface area contributed by atoms with E-state index in [1.807, 2.05) is 13.8 Å². The minimum atomic E-state index is -0.469. The lowest BCUT2D eigenvalue weighted by Crippen LogP contribution is -2.00. The van der Waals surface area contributed by atoms with Crippen LogP contribution in [0.1, 0.15) is 47.9 Å². The van der Waals surface area contributed by atoms with Gasteiger partial charge < -0.3 is 19.0 Å². The molecule has 0 atom stereocenters. The molecule has 2 aromatic heterocycles. The van der Waals surface area contributed by atoms with Gasteiger partial charge in [-0.05, 0) is 44.4 Å². The van der Waals surface area contributed by atoms with Gasteiger partial charge in [0.2, 0.25) is 0 Å². The molecule has 1 aliphatic heterocycles. The zero-order valence-electron chi connectivity index (χ0n) is 13.5. The summed E-state index contributed by atoms with van der Waals surface area (Å²) in [6, 6.07) is 4.16. The Morgan fingerprint density at radius 1 is 1.12 bits per heavy atom. The van der Waals surface area contributed by atoms with E-state index in [0.29, 0.717) is 5.92 Å². The van der Waals surface area contributed by atoms with Crippen LogP contribution in [-0.2, 0) is 9.47 Å². The normalized spacial score (nSPS) is 17.4. The first-order chi connectivity index (χ1) is 11.7. The Morgan fingerprint density at radius 2 is 1.92 bits per heavy atom. The predicted octanol–water partition coefficient (Wildman–Crippen LogP) is 4.23. The Hall–Kier alpha value is -2.76. The van der Waals surface area contributed by atoms with Gasteiger partial charge >= 0.3 is 0 Å². The topological polar surface area (TPSA) is 73.2 Å². The van der Waals surface area contributed by atoms with E-state index in [2.05, 4.69) is 22.3 Å². The van der Waals surface area contributed by atoms with E-state index < -0.39 is 6.29 Å². The fourth-order valence-corrected chi connectivity index (χ4v) is 3.32. The van der Waals surface area contributed by atoms with E-state index >= 15 is 0 Å². The number of H-pyrrole nitrogens is 1. The van der Waals surface area contributed by atoms with Crippen molar-refractivity contribution in [3.8, 4) is 11.1 Å². The molecule has 6 nitrogen and oxygen atoms in total. The molecule has 1 fully saturated rings. The van der Waals surface area contributed by atoms with Crippen molar-refractivity contribution in [2.24, 2.45) is 0 Å². The van der Waals surface area contributed by atoms with Crippen LogP contribution in [0.4, 0.5) is 0 Å². The number of aromatic amines is 1. The second-order valence-electron chi connectivity index (χ2n) is 6.43. The van der Waals surface area contributed by atoms with Gasteiger partial charge in [0.25, 0.3) is 6.29 Å². The first-order valence-electron chi connectivity index (χ1n) is 8.13. The number of benzene rings is 1. The Labute approximate surface area is 138 Å². The van der Waals surface area contributed by atoms with Gasteiger partial charge in [0.15, 0.2) is 0 Å². The highest BCUT2D eigenvalue weighted by Gasteiger charge is 2.29. The monoisotopic (exact) mass is 323 g/mol. The van der Waals surface area contributed by atoms with E-state index in [0.717, 1.165) is 45.0 Å². The van der Waals surface area contributed by atoms with Gasteiger partial charge in [0.05, 0.1) is 22.3 Å². The van der Waals surface area contributed by atoms with Crippen molar-refractivity contribution in [1.29, 1.82) is 0 Å². The van der Waals surface area contributed by atoms with E-state index in [-0.39, 0.29) is 0 Å². The number of aryl methyl sites for hydroxylation is 2. The van der Waals surface area contributed by atoms with Gasteiger partial charge in [-0.2, -0.15) is 0 Å². The lowest BCUT2D eigenvalue weighted by molar-refractivity contribution is -0.0235. The molecule has 0 spiro atoms. The molecular weight excluding hydrogens is 306 g/mol. The summed E-state index contributed by atoms with van der Waals surface area (Å²) in [7, 11) is 0. The molecule has 0 amide bonds. The molecule has 1 N–H and O–H groups in total. The average Bonchev–Trinajstić information content (AvgIpc) is 2.97. The molecule has 1 aliphatic carbocycles. The highest BCUT2D eigenvalue weighted by atomic mass is 16.7. The van der Waals surface area contributed by atoms with Crippen molar-refractivity contribution >= 4 is 11.0 Å². The first-order valence-corrected chi connectivity index (χ1v) is 8.13. The summed E-state index contributed by atoms with van der Waals surface area (Å²) in [5, 5.41) is 4.07. The van der Waals surface area contributed by atoms with Crippen LogP contribution in [0, 0.1) is 13.8 Å². The molecule has 5 rings (SSSR count). The van der Waals surface area contributed by atoms with Crippen LogP contribution in [0.15, 0.2) is 29.2 Å². The summed E-state index contributed by atoms with van der Waals surface area (Å²) in [4.78, 5) is 8.27. The van der Waals surface area contributed by atoms with Crippen molar-refractivity contribution in [2.75, 3.05) is 0 Å². The van der Waals surface area contributed by atoms with Crippen molar-refractivity contribution in [1.82, 2.24) is 15.1 Å². The van der Waals surface area contributed by atoms with Crippen LogP contribution in [0.3, 0.4) is 0 Å². The third-order valence-corrected chi connectivity index (χ3v) is 4.63. The number of ether oxygens (including phenoxy) is 2.